The van der Waals surface area contributed by atoms with Gasteiger partial charge in [-0.05, 0) is 41.5 Å². The van der Waals surface area contributed by atoms with Gasteiger partial charge in [0.1, 0.15) is 16.9 Å². The number of nitrogens with zero attached hydrogens (tertiary/aromatic N) is 4. The molecule has 1 aliphatic carbocycles. The lowest BCUT2D eigenvalue weighted by Crippen LogP contribution is -2.33. The van der Waals surface area contributed by atoms with Crippen molar-refractivity contribution in [2.24, 2.45) is 5.10 Å². The fourth-order valence-corrected chi connectivity index (χ4v) is 4.51. The van der Waals surface area contributed by atoms with Crippen LogP contribution in [0.3, 0.4) is 0 Å². The number of fused-ring (bicyclic) bond motifs is 2. The first-order chi connectivity index (χ1) is 16.3. The maximum absolute atomic E-state index is 13.3. The van der Waals surface area contributed by atoms with Crippen LogP contribution in [0.4, 0.5) is 5.82 Å². The van der Waals surface area contributed by atoms with Gasteiger partial charge in [-0.1, -0.05) is 70.0 Å². The van der Waals surface area contributed by atoms with Gasteiger partial charge in [0.2, 0.25) is 0 Å². The summed E-state index contributed by atoms with van der Waals surface area (Å²) in [5.74, 6) is 0.0193. The summed E-state index contributed by atoms with van der Waals surface area (Å²) in [4.78, 5) is 22.8. The molecule has 34 heavy (non-hydrogen) atoms. The van der Waals surface area contributed by atoms with Gasteiger partial charge in [0, 0.05) is 6.04 Å². The molecule has 2 aromatic carbocycles. The second kappa shape index (κ2) is 8.56. The average Bonchev–Trinajstić information content (AvgIpc) is 3.41. The van der Waals surface area contributed by atoms with E-state index < -0.39 is 0 Å². The molecule has 0 atom stereocenters. The molecule has 1 fully saturated rings. The number of benzene rings is 2. The molecule has 0 bridgehead atoms. The molecule has 0 unspecified atom stereocenters. The number of rotatable bonds is 4. The van der Waals surface area contributed by atoms with Crippen molar-refractivity contribution in [2.45, 2.75) is 57.9 Å². The summed E-state index contributed by atoms with van der Waals surface area (Å²) in [6.45, 7) is 6.55. The van der Waals surface area contributed by atoms with Gasteiger partial charge < -0.3 is 11.1 Å². The molecule has 4 aromatic rings. The Kier molecular flexibility index (Phi) is 5.55. The lowest BCUT2D eigenvalue weighted by molar-refractivity contribution is 0.0940. The maximum Gasteiger partial charge on any atom is 0.257 e. The number of nitrogen functional groups attached to an aromatic ring is 1. The van der Waals surface area contributed by atoms with Crippen LogP contribution in [-0.4, -0.2) is 32.8 Å². The topological polar surface area (TPSA) is 98.2 Å². The Balaban J connectivity index is 1.59. The van der Waals surface area contributed by atoms with E-state index in [1.807, 2.05) is 36.4 Å². The van der Waals surface area contributed by atoms with E-state index in [-0.39, 0.29) is 23.2 Å². The number of nitrogens with one attached hydrogen (secondary N) is 1. The van der Waals surface area contributed by atoms with Crippen LogP contribution in [0.5, 0.6) is 0 Å². The number of hydrogen-bond acceptors (Lipinski definition) is 5. The molecule has 7 heteroatoms. The summed E-state index contributed by atoms with van der Waals surface area (Å²) in [6, 6.07) is 16.0. The molecule has 2 aromatic heterocycles. The second-order valence-electron chi connectivity index (χ2n) is 10.0. The highest BCUT2D eigenvalue weighted by Gasteiger charge is 2.26. The molecular formula is C27H30N6O. The summed E-state index contributed by atoms with van der Waals surface area (Å²) in [6.07, 6.45) is 5.97. The van der Waals surface area contributed by atoms with Gasteiger partial charge in [-0.3, -0.25) is 4.79 Å². The number of nitrogens with two attached hydrogens (primary N) is 1. The number of carbonyl (C=O) groups excluding carboxylic acids is 1. The third-order valence-electron chi connectivity index (χ3n) is 6.49. The quantitative estimate of drug-likeness (QED) is 0.423. The first-order valence-electron chi connectivity index (χ1n) is 11.8. The Morgan fingerprint density at radius 1 is 1.06 bits per heavy atom. The molecule has 2 heterocycles. The Labute approximate surface area is 199 Å². The highest BCUT2D eigenvalue weighted by atomic mass is 16.1. The van der Waals surface area contributed by atoms with Crippen LogP contribution in [0.1, 0.15) is 67.9 Å². The Hall–Kier alpha value is -3.74. The van der Waals surface area contributed by atoms with Crippen LogP contribution in [0.2, 0.25) is 0 Å². The van der Waals surface area contributed by atoms with Crippen molar-refractivity contribution in [3.63, 3.8) is 0 Å². The zero-order valence-corrected chi connectivity index (χ0v) is 19.9. The standard InChI is InChI=1S/C27H30N6O/c1-27(2,3)18-14-12-17(13-15-18)16-29-33-24(28)22(26(34)30-19-8-4-5-9-19)23-25(33)32-21-11-7-6-10-20(21)31-23/h6-7,10-16,19H,4-5,8-9,28H2,1-3H3,(H,30,34)/b29-16+. The first-order valence-corrected chi connectivity index (χ1v) is 11.8. The zero-order chi connectivity index (χ0) is 23.9. The van der Waals surface area contributed by atoms with Gasteiger partial charge in [-0.2, -0.15) is 9.78 Å². The normalized spacial score (nSPS) is 15.0. The first kappa shape index (κ1) is 22.1. The molecule has 0 radical (unpaired) electrons. The number of amides is 1. The minimum Gasteiger partial charge on any atom is -0.383 e. The van der Waals surface area contributed by atoms with Crippen molar-refractivity contribution in [1.29, 1.82) is 0 Å². The fraction of sp³-hybridized carbons (Fsp3) is 0.333. The molecule has 1 amide bonds. The smallest absolute Gasteiger partial charge is 0.257 e. The molecule has 0 saturated heterocycles. The highest BCUT2D eigenvalue weighted by molar-refractivity contribution is 6.10. The number of aromatic nitrogens is 3. The molecule has 0 spiro atoms. The summed E-state index contributed by atoms with van der Waals surface area (Å²) >= 11 is 0. The molecule has 7 nitrogen and oxygen atoms in total. The van der Waals surface area contributed by atoms with Crippen LogP contribution in [0.25, 0.3) is 22.2 Å². The fourth-order valence-electron chi connectivity index (χ4n) is 4.51. The zero-order valence-electron chi connectivity index (χ0n) is 19.9. The molecule has 1 saturated carbocycles. The van der Waals surface area contributed by atoms with E-state index in [2.05, 4.69) is 43.3 Å². The van der Waals surface area contributed by atoms with E-state index in [4.69, 9.17) is 15.7 Å². The van der Waals surface area contributed by atoms with Crippen LogP contribution < -0.4 is 11.1 Å². The Morgan fingerprint density at radius 3 is 2.35 bits per heavy atom. The lowest BCUT2D eigenvalue weighted by Gasteiger charge is -2.18. The van der Waals surface area contributed by atoms with Crippen LogP contribution in [0.15, 0.2) is 53.6 Å². The van der Waals surface area contributed by atoms with Crippen molar-refractivity contribution in [2.75, 3.05) is 5.73 Å². The van der Waals surface area contributed by atoms with Gasteiger partial charge in [-0.25, -0.2) is 9.97 Å². The van der Waals surface area contributed by atoms with Gasteiger partial charge in [0.25, 0.3) is 5.91 Å². The molecule has 0 aliphatic heterocycles. The van der Waals surface area contributed by atoms with Crippen molar-refractivity contribution >= 4 is 40.1 Å². The average molecular weight is 455 g/mol. The van der Waals surface area contributed by atoms with E-state index in [9.17, 15) is 4.79 Å². The number of carbonyl (C=O) groups is 1. The van der Waals surface area contributed by atoms with E-state index in [1.165, 1.54) is 10.2 Å². The second-order valence-corrected chi connectivity index (χ2v) is 10.0. The van der Waals surface area contributed by atoms with E-state index in [0.717, 1.165) is 36.8 Å². The van der Waals surface area contributed by atoms with Gasteiger partial charge >= 0.3 is 0 Å². The Morgan fingerprint density at radius 2 is 1.71 bits per heavy atom. The molecular weight excluding hydrogens is 424 g/mol. The summed E-state index contributed by atoms with van der Waals surface area (Å²) in [5, 5.41) is 7.75. The van der Waals surface area contributed by atoms with Gasteiger partial charge in [0.15, 0.2) is 5.65 Å². The van der Waals surface area contributed by atoms with Gasteiger partial charge in [-0.15, -0.1) is 0 Å². The van der Waals surface area contributed by atoms with Crippen molar-refractivity contribution in [1.82, 2.24) is 20.0 Å². The van der Waals surface area contributed by atoms with Gasteiger partial charge in [0.05, 0.1) is 17.2 Å². The van der Waals surface area contributed by atoms with Crippen LogP contribution in [-0.2, 0) is 5.41 Å². The highest BCUT2D eigenvalue weighted by Crippen LogP contribution is 2.29. The van der Waals surface area contributed by atoms with Crippen LogP contribution >= 0.6 is 0 Å². The lowest BCUT2D eigenvalue weighted by atomic mass is 9.87. The largest absolute Gasteiger partial charge is 0.383 e. The predicted molar refractivity (Wildman–Crippen MR) is 137 cm³/mol. The third kappa shape index (κ3) is 4.14. The summed E-state index contributed by atoms with van der Waals surface area (Å²) in [5.41, 5.74) is 11.5. The summed E-state index contributed by atoms with van der Waals surface area (Å²) < 4.78 is 1.52. The van der Waals surface area contributed by atoms with Crippen molar-refractivity contribution < 1.29 is 4.79 Å². The van der Waals surface area contributed by atoms with Crippen molar-refractivity contribution in [3.8, 4) is 0 Å². The van der Waals surface area contributed by atoms with E-state index in [0.29, 0.717) is 22.2 Å². The summed E-state index contributed by atoms with van der Waals surface area (Å²) in [7, 11) is 0. The number of anilines is 1. The van der Waals surface area contributed by atoms with Crippen molar-refractivity contribution in [3.05, 3.63) is 65.2 Å². The Bertz CT molecular complexity index is 1390. The molecule has 5 rings (SSSR count). The van der Waals surface area contributed by atoms with E-state index >= 15 is 0 Å². The minimum absolute atomic E-state index is 0.0783. The third-order valence-corrected chi connectivity index (χ3v) is 6.49. The van der Waals surface area contributed by atoms with Crippen LogP contribution in [0, 0.1) is 0 Å². The molecule has 3 N–H and O–H groups in total. The monoisotopic (exact) mass is 454 g/mol. The van der Waals surface area contributed by atoms with E-state index in [1.54, 1.807) is 6.21 Å². The number of hydrogen-bond donors (Lipinski definition) is 2. The number of para-hydroxylation sites is 2. The maximum atomic E-state index is 13.3. The molecule has 1 aliphatic rings. The molecule has 174 valence electrons. The SMILES string of the molecule is CC(C)(C)c1ccc(/C=N/n2c(N)c(C(=O)NC3CCCC3)c3nc4ccccc4nc32)cc1. The minimum atomic E-state index is -0.220. The predicted octanol–water partition coefficient (Wildman–Crippen LogP) is 5.02.